The summed E-state index contributed by atoms with van der Waals surface area (Å²) in [7, 11) is 0. The van der Waals surface area contributed by atoms with Crippen molar-refractivity contribution < 1.29 is 4.79 Å². The lowest BCUT2D eigenvalue weighted by Gasteiger charge is -2.11. The van der Waals surface area contributed by atoms with Gasteiger partial charge < -0.3 is 5.32 Å². The molecular formula is C17H33NO. The molecule has 0 aromatic carbocycles. The van der Waals surface area contributed by atoms with Crippen LogP contribution in [0.15, 0.2) is 12.2 Å². The molecule has 19 heavy (non-hydrogen) atoms. The number of carbonyl (C=O) groups is 1. The molecule has 0 aliphatic rings. The SMILES string of the molecule is CCC=CCCCCCCC(C)C(=O)NCCCC. The highest BCUT2D eigenvalue weighted by molar-refractivity contribution is 5.78. The van der Waals surface area contributed by atoms with Crippen molar-refractivity contribution in [1.29, 1.82) is 0 Å². The second-order valence-electron chi connectivity index (χ2n) is 5.42. The molecule has 1 amide bonds. The number of nitrogens with one attached hydrogen (secondary N) is 1. The summed E-state index contributed by atoms with van der Waals surface area (Å²) in [6, 6.07) is 0. The van der Waals surface area contributed by atoms with Crippen LogP contribution in [0.1, 0.15) is 78.6 Å². The summed E-state index contributed by atoms with van der Waals surface area (Å²) in [5, 5.41) is 3.01. The fraction of sp³-hybridized carbons (Fsp3) is 0.824. The highest BCUT2D eigenvalue weighted by Gasteiger charge is 2.10. The lowest BCUT2D eigenvalue weighted by atomic mass is 10.0. The lowest BCUT2D eigenvalue weighted by molar-refractivity contribution is -0.124. The van der Waals surface area contributed by atoms with Gasteiger partial charge in [0.25, 0.3) is 0 Å². The quantitative estimate of drug-likeness (QED) is 0.397. The summed E-state index contributed by atoms with van der Waals surface area (Å²) in [5.74, 6) is 0.413. The average molecular weight is 267 g/mol. The molecule has 0 saturated carbocycles. The minimum Gasteiger partial charge on any atom is -0.356 e. The number of allylic oxidation sites excluding steroid dienone is 2. The summed E-state index contributed by atoms with van der Waals surface area (Å²) in [6.07, 6.45) is 15.1. The molecule has 0 radical (unpaired) electrons. The smallest absolute Gasteiger partial charge is 0.222 e. The fourth-order valence-corrected chi connectivity index (χ4v) is 2.04. The number of hydrogen-bond donors (Lipinski definition) is 1. The molecule has 112 valence electrons. The van der Waals surface area contributed by atoms with Crippen LogP contribution in [0.5, 0.6) is 0 Å². The van der Waals surface area contributed by atoms with Gasteiger partial charge >= 0.3 is 0 Å². The van der Waals surface area contributed by atoms with E-state index in [0.29, 0.717) is 0 Å². The van der Waals surface area contributed by atoms with Crippen LogP contribution in [-0.2, 0) is 4.79 Å². The van der Waals surface area contributed by atoms with Gasteiger partial charge in [-0.2, -0.15) is 0 Å². The van der Waals surface area contributed by atoms with E-state index in [4.69, 9.17) is 0 Å². The molecule has 1 N–H and O–H groups in total. The van der Waals surface area contributed by atoms with E-state index in [2.05, 4.69) is 31.3 Å². The fourth-order valence-electron chi connectivity index (χ4n) is 2.04. The first kappa shape index (κ1) is 18.2. The Balaban J connectivity index is 3.39. The molecule has 0 aliphatic heterocycles. The first-order valence-corrected chi connectivity index (χ1v) is 8.15. The average Bonchev–Trinajstić information content (AvgIpc) is 2.41. The first-order valence-electron chi connectivity index (χ1n) is 8.15. The Hall–Kier alpha value is -0.790. The van der Waals surface area contributed by atoms with Gasteiger partial charge in [0, 0.05) is 12.5 Å². The van der Waals surface area contributed by atoms with Gasteiger partial charge in [-0.25, -0.2) is 0 Å². The zero-order valence-corrected chi connectivity index (χ0v) is 13.2. The van der Waals surface area contributed by atoms with Crippen molar-refractivity contribution >= 4 is 5.91 Å². The number of rotatable bonds is 12. The molecule has 0 aromatic rings. The molecule has 0 bridgehead atoms. The van der Waals surface area contributed by atoms with Gasteiger partial charge in [0.2, 0.25) is 5.91 Å². The van der Waals surface area contributed by atoms with Crippen LogP contribution in [0.3, 0.4) is 0 Å². The van der Waals surface area contributed by atoms with Gasteiger partial charge in [-0.1, -0.05) is 58.6 Å². The topological polar surface area (TPSA) is 29.1 Å². The van der Waals surface area contributed by atoms with Gasteiger partial charge in [0.05, 0.1) is 0 Å². The van der Waals surface area contributed by atoms with E-state index in [1.807, 2.05) is 6.92 Å². The van der Waals surface area contributed by atoms with Crippen LogP contribution >= 0.6 is 0 Å². The van der Waals surface area contributed by atoms with Crippen LogP contribution in [0.4, 0.5) is 0 Å². The van der Waals surface area contributed by atoms with Crippen LogP contribution < -0.4 is 5.32 Å². The summed E-state index contributed by atoms with van der Waals surface area (Å²) in [4.78, 5) is 11.7. The third-order valence-electron chi connectivity index (χ3n) is 3.44. The van der Waals surface area contributed by atoms with Gasteiger partial charge in [-0.3, -0.25) is 4.79 Å². The van der Waals surface area contributed by atoms with E-state index in [1.165, 1.54) is 32.1 Å². The molecule has 0 fully saturated rings. The maximum atomic E-state index is 11.7. The Morgan fingerprint density at radius 3 is 2.47 bits per heavy atom. The number of hydrogen-bond acceptors (Lipinski definition) is 1. The molecule has 1 atom stereocenters. The van der Waals surface area contributed by atoms with Crippen LogP contribution in [-0.4, -0.2) is 12.5 Å². The van der Waals surface area contributed by atoms with E-state index in [9.17, 15) is 4.79 Å². The zero-order valence-electron chi connectivity index (χ0n) is 13.2. The van der Waals surface area contributed by atoms with E-state index in [-0.39, 0.29) is 11.8 Å². The molecule has 0 aliphatic carbocycles. The van der Waals surface area contributed by atoms with Crippen LogP contribution in [0.2, 0.25) is 0 Å². The normalized spacial score (nSPS) is 12.8. The van der Waals surface area contributed by atoms with Gasteiger partial charge in [-0.05, 0) is 32.1 Å². The minimum absolute atomic E-state index is 0.178. The van der Waals surface area contributed by atoms with Gasteiger partial charge in [0.1, 0.15) is 0 Å². The van der Waals surface area contributed by atoms with E-state index in [0.717, 1.165) is 32.2 Å². The molecule has 2 heteroatoms. The summed E-state index contributed by atoms with van der Waals surface area (Å²) in [6.45, 7) is 7.20. The Morgan fingerprint density at radius 1 is 1.05 bits per heavy atom. The summed E-state index contributed by atoms with van der Waals surface area (Å²) < 4.78 is 0. The van der Waals surface area contributed by atoms with Crippen molar-refractivity contribution in [2.24, 2.45) is 5.92 Å². The lowest BCUT2D eigenvalue weighted by Crippen LogP contribution is -2.29. The maximum absolute atomic E-state index is 11.7. The van der Waals surface area contributed by atoms with Crippen molar-refractivity contribution in [2.45, 2.75) is 78.6 Å². The number of unbranched alkanes of at least 4 members (excludes halogenated alkanes) is 5. The second-order valence-corrected chi connectivity index (χ2v) is 5.42. The molecule has 0 rings (SSSR count). The Kier molecular flexibility index (Phi) is 13.1. The molecule has 1 unspecified atom stereocenters. The molecule has 0 spiro atoms. The molecular weight excluding hydrogens is 234 g/mol. The minimum atomic E-state index is 0.178. The highest BCUT2D eigenvalue weighted by Crippen LogP contribution is 2.11. The monoisotopic (exact) mass is 267 g/mol. The Morgan fingerprint density at radius 2 is 1.79 bits per heavy atom. The molecule has 0 saturated heterocycles. The second kappa shape index (κ2) is 13.6. The first-order chi connectivity index (χ1) is 9.22. The van der Waals surface area contributed by atoms with Crippen LogP contribution in [0, 0.1) is 5.92 Å². The predicted molar refractivity (Wildman–Crippen MR) is 84.2 cm³/mol. The largest absolute Gasteiger partial charge is 0.356 e. The molecule has 2 nitrogen and oxygen atoms in total. The summed E-state index contributed by atoms with van der Waals surface area (Å²) in [5.41, 5.74) is 0. The highest BCUT2D eigenvalue weighted by atomic mass is 16.1. The summed E-state index contributed by atoms with van der Waals surface area (Å²) >= 11 is 0. The van der Waals surface area contributed by atoms with E-state index in [1.54, 1.807) is 0 Å². The van der Waals surface area contributed by atoms with Crippen molar-refractivity contribution in [3.63, 3.8) is 0 Å². The van der Waals surface area contributed by atoms with Crippen LogP contribution in [0.25, 0.3) is 0 Å². The van der Waals surface area contributed by atoms with Crippen molar-refractivity contribution in [2.75, 3.05) is 6.54 Å². The standard InChI is InChI=1S/C17H33NO/c1-4-6-8-9-10-11-12-13-14-16(3)17(19)18-15-7-5-2/h6,8,16H,4-5,7,9-15H2,1-3H3,(H,18,19). The van der Waals surface area contributed by atoms with E-state index < -0.39 is 0 Å². The van der Waals surface area contributed by atoms with Crippen molar-refractivity contribution in [3.05, 3.63) is 12.2 Å². The Bertz CT molecular complexity index is 235. The Labute approximate surface area is 120 Å². The zero-order chi connectivity index (χ0) is 14.3. The predicted octanol–water partition coefficient (Wildman–Crippen LogP) is 4.85. The molecule has 0 aromatic heterocycles. The third kappa shape index (κ3) is 12.0. The number of amides is 1. The van der Waals surface area contributed by atoms with Gasteiger partial charge in [0.15, 0.2) is 0 Å². The number of carbonyl (C=O) groups excluding carboxylic acids is 1. The van der Waals surface area contributed by atoms with Crippen molar-refractivity contribution in [1.82, 2.24) is 5.32 Å². The van der Waals surface area contributed by atoms with Crippen molar-refractivity contribution in [3.8, 4) is 0 Å². The third-order valence-corrected chi connectivity index (χ3v) is 3.44. The molecule has 0 heterocycles. The van der Waals surface area contributed by atoms with E-state index >= 15 is 0 Å². The van der Waals surface area contributed by atoms with Gasteiger partial charge in [-0.15, -0.1) is 0 Å². The maximum Gasteiger partial charge on any atom is 0.222 e.